The fraction of sp³-hybridized carbons (Fsp3) is 0.619. The smallest absolute Gasteiger partial charge is 0.407 e. The van der Waals surface area contributed by atoms with Gasteiger partial charge in [0, 0.05) is 18.0 Å². The summed E-state index contributed by atoms with van der Waals surface area (Å²) in [6.45, 7) is 8.90. The van der Waals surface area contributed by atoms with Crippen LogP contribution in [-0.4, -0.2) is 48.6 Å². The Balaban J connectivity index is 1.60. The number of alkyl carbamates (subject to hydrolysis) is 1. The van der Waals surface area contributed by atoms with Crippen LogP contribution >= 0.6 is 0 Å². The van der Waals surface area contributed by atoms with E-state index in [2.05, 4.69) is 10.2 Å². The molecular formula is C21H31FN2O3. The van der Waals surface area contributed by atoms with Crippen molar-refractivity contribution >= 4 is 11.9 Å². The maximum atomic E-state index is 13.0. The summed E-state index contributed by atoms with van der Waals surface area (Å²) >= 11 is 0. The number of piperidine rings is 1. The van der Waals surface area contributed by atoms with Crippen LogP contribution in [0, 0.1) is 11.7 Å². The summed E-state index contributed by atoms with van der Waals surface area (Å²) in [7, 11) is 0. The second-order valence-electron chi connectivity index (χ2n) is 8.12. The molecule has 1 amide bonds. The summed E-state index contributed by atoms with van der Waals surface area (Å²) in [5, 5.41) is 2.77. The fourth-order valence-electron chi connectivity index (χ4n) is 3.23. The average Bonchev–Trinajstić information content (AvgIpc) is 2.60. The van der Waals surface area contributed by atoms with Crippen molar-refractivity contribution in [2.45, 2.75) is 52.1 Å². The Kier molecular flexibility index (Phi) is 7.78. The number of unbranched alkanes of at least 4 members (excludes halogenated alkanes) is 1. The first kappa shape index (κ1) is 21.4. The average molecular weight is 378 g/mol. The molecule has 1 fully saturated rings. The SMILES string of the molecule is CC(C)(C)OC(=O)NCCCCN1CCC(C(=O)c2ccc(F)cc2)CC1. The van der Waals surface area contributed by atoms with Crippen LogP contribution in [-0.2, 0) is 4.74 Å². The summed E-state index contributed by atoms with van der Waals surface area (Å²) in [5.41, 5.74) is 0.128. The summed E-state index contributed by atoms with van der Waals surface area (Å²) in [5.74, 6) is -0.167. The van der Waals surface area contributed by atoms with Gasteiger partial charge < -0.3 is 15.0 Å². The highest BCUT2D eigenvalue weighted by molar-refractivity contribution is 5.97. The van der Waals surface area contributed by atoms with Crippen LogP contribution in [0.2, 0.25) is 0 Å². The van der Waals surface area contributed by atoms with Gasteiger partial charge in [0.2, 0.25) is 0 Å². The molecule has 0 unspecified atom stereocenters. The van der Waals surface area contributed by atoms with E-state index in [1.807, 2.05) is 20.8 Å². The fourth-order valence-corrected chi connectivity index (χ4v) is 3.23. The zero-order valence-corrected chi connectivity index (χ0v) is 16.6. The van der Waals surface area contributed by atoms with Gasteiger partial charge in [-0.2, -0.15) is 0 Å². The number of ether oxygens (including phenoxy) is 1. The molecule has 2 rings (SSSR count). The quantitative estimate of drug-likeness (QED) is 0.575. The van der Waals surface area contributed by atoms with E-state index in [-0.39, 0.29) is 23.6 Å². The second kappa shape index (κ2) is 9.83. The number of Topliss-reactive ketones (excluding diaryl/α,β-unsaturated/α-hetero) is 1. The van der Waals surface area contributed by atoms with E-state index >= 15 is 0 Å². The number of carbonyl (C=O) groups excluding carboxylic acids is 2. The maximum Gasteiger partial charge on any atom is 0.407 e. The largest absolute Gasteiger partial charge is 0.444 e. The molecule has 1 N–H and O–H groups in total. The number of rotatable bonds is 7. The van der Waals surface area contributed by atoms with Crippen molar-refractivity contribution in [2.75, 3.05) is 26.2 Å². The number of nitrogens with zero attached hydrogens (tertiary/aromatic N) is 1. The summed E-state index contributed by atoms with van der Waals surface area (Å²) in [6, 6.07) is 5.82. The van der Waals surface area contributed by atoms with E-state index in [0.717, 1.165) is 45.3 Å². The monoisotopic (exact) mass is 378 g/mol. The van der Waals surface area contributed by atoms with Crippen molar-refractivity contribution in [3.63, 3.8) is 0 Å². The van der Waals surface area contributed by atoms with Crippen LogP contribution in [0.5, 0.6) is 0 Å². The highest BCUT2D eigenvalue weighted by atomic mass is 19.1. The minimum Gasteiger partial charge on any atom is -0.444 e. The molecule has 5 nitrogen and oxygen atoms in total. The van der Waals surface area contributed by atoms with Crippen molar-refractivity contribution in [1.82, 2.24) is 10.2 Å². The van der Waals surface area contributed by atoms with Crippen molar-refractivity contribution in [3.05, 3.63) is 35.6 Å². The number of benzene rings is 1. The van der Waals surface area contributed by atoms with Gasteiger partial charge in [-0.3, -0.25) is 4.79 Å². The maximum absolute atomic E-state index is 13.0. The highest BCUT2D eigenvalue weighted by Gasteiger charge is 2.25. The molecular weight excluding hydrogens is 347 g/mol. The molecule has 0 saturated carbocycles. The van der Waals surface area contributed by atoms with Crippen molar-refractivity contribution in [1.29, 1.82) is 0 Å². The molecule has 0 atom stereocenters. The first-order valence-electron chi connectivity index (χ1n) is 9.73. The zero-order chi connectivity index (χ0) is 19.9. The van der Waals surface area contributed by atoms with Crippen molar-refractivity contribution in [2.24, 2.45) is 5.92 Å². The van der Waals surface area contributed by atoms with Gasteiger partial charge in [0.05, 0.1) is 0 Å². The minimum atomic E-state index is -0.472. The molecule has 0 radical (unpaired) electrons. The van der Waals surface area contributed by atoms with Gasteiger partial charge in [-0.25, -0.2) is 9.18 Å². The van der Waals surface area contributed by atoms with E-state index < -0.39 is 5.60 Å². The molecule has 1 aromatic rings. The van der Waals surface area contributed by atoms with Gasteiger partial charge >= 0.3 is 6.09 Å². The molecule has 1 aromatic carbocycles. The molecule has 1 aliphatic rings. The molecule has 1 saturated heterocycles. The molecule has 1 heterocycles. The number of ketones is 1. The Morgan fingerprint density at radius 1 is 1.15 bits per heavy atom. The van der Waals surface area contributed by atoms with Gasteiger partial charge in [0.25, 0.3) is 0 Å². The predicted octanol–water partition coefficient (Wildman–Crippen LogP) is 4.03. The van der Waals surface area contributed by atoms with Gasteiger partial charge in [0.15, 0.2) is 5.78 Å². The number of hydrogen-bond donors (Lipinski definition) is 1. The van der Waals surface area contributed by atoms with Gasteiger partial charge in [0.1, 0.15) is 11.4 Å². The van der Waals surface area contributed by atoms with E-state index in [4.69, 9.17) is 4.74 Å². The topological polar surface area (TPSA) is 58.6 Å². The lowest BCUT2D eigenvalue weighted by atomic mass is 9.89. The Hall–Kier alpha value is -1.95. The lowest BCUT2D eigenvalue weighted by molar-refractivity contribution is 0.0526. The molecule has 6 heteroatoms. The third kappa shape index (κ3) is 7.67. The summed E-state index contributed by atoms with van der Waals surface area (Å²) in [6.07, 6.45) is 3.20. The molecule has 0 aliphatic carbocycles. The molecule has 0 bridgehead atoms. The lowest BCUT2D eigenvalue weighted by Gasteiger charge is -2.31. The lowest BCUT2D eigenvalue weighted by Crippen LogP contribution is -2.37. The molecule has 27 heavy (non-hydrogen) atoms. The predicted molar refractivity (Wildman–Crippen MR) is 103 cm³/mol. The Morgan fingerprint density at radius 3 is 2.37 bits per heavy atom. The Bertz CT molecular complexity index is 617. The molecule has 0 spiro atoms. The number of nitrogens with one attached hydrogen (secondary N) is 1. The number of halogens is 1. The standard InChI is InChI=1S/C21H31FN2O3/c1-21(2,3)27-20(26)23-12-4-5-13-24-14-10-17(11-15-24)19(25)16-6-8-18(22)9-7-16/h6-9,17H,4-5,10-15H2,1-3H3,(H,23,26). The van der Waals surface area contributed by atoms with E-state index in [1.165, 1.54) is 12.1 Å². The van der Waals surface area contributed by atoms with E-state index in [0.29, 0.717) is 12.1 Å². The summed E-state index contributed by atoms with van der Waals surface area (Å²) in [4.78, 5) is 26.4. The van der Waals surface area contributed by atoms with Crippen molar-refractivity contribution in [3.8, 4) is 0 Å². The van der Waals surface area contributed by atoms with Gasteiger partial charge in [-0.05, 0) is 90.4 Å². The van der Waals surface area contributed by atoms with Crippen LogP contribution in [0.1, 0.15) is 56.8 Å². The molecule has 150 valence electrons. The minimum absolute atomic E-state index is 0.0283. The second-order valence-corrected chi connectivity index (χ2v) is 8.12. The normalized spacial score (nSPS) is 16.1. The van der Waals surface area contributed by atoms with E-state index in [1.54, 1.807) is 12.1 Å². The van der Waals surface area contributed by atoms with Crippen LogP contribution in [0.25, 0.3) is 0 Å². The number of hydrogen-bond acceptors (Lipinski definition) is 4. The zero-order valence-electron chi connectivity index (χ0n) is 16.6. The molecule has 0 aromatic heterocycles. The first-order valence-corrected chi connectivity index (χ1v) is 9.73. The highest BCUT2D eigenvalue weighted by Crippen LogP contribution is 2.22. The van der Waals surface area contributed by atoms with Crippen molar-refractivity contribution < 1.29 is 18.7 Å². The number of carbonyl (C=O) groups is 2. The summed E-state index contributed by atoms with van der Waals surface area (Å²) < 4.78 is 18.2. The van der Waals surface area contributed by atoms with Crippen LogP contribution in [0.15, 0.2) is 24.3 Å². The van der Waals surface area contributed by atoms with Gasteiger partial charge in [-0.15, -0.1) is 0 Å². The van der Waals surface area contributed by atoms with E-state index in [9.17, 15) is 14.0 Å². The number of amides is 1. The van der Waals surface area contributed by atoms with Crippen LogP contribution in [0.3, 0.4) is 0 Å². The Morgan fingerprint density at radius 2 is 1.78 bits per heavy atom. The number of likely N-dealkylation sites (tertiary alicyclic amines) is 1. The van der Waals surface area contributed by atoms with Gasteiger partial charge in [-0.1, -0.05) is 0 Å². The first-order chi connectivity index (χ1) is 12.7. The third-order valence-electron chi connectivity index (χ3n) is 4.66. The Labute approximate surface area is 161 Å². The molecule has 1 aliphatic heterocycles. The van der Waals surface area contributed by atoms with Crippen LogP contribution in [0.4, 0.5) is 9.18 Å². The third-order valence-corrected chi connectivity index (χ3v) is 4.66. The van der Waals surface area contributed by atoms with Crippen LogP contribution < -0.4 is 5.32 Å².